The molecule has 1 aliphatic heterocycles. The summed E-state index contributed by atoms with van der Waals surface area (Å²) in [7, 11) is 0. The van der Waals surface area contributed by atoms with E-state index in [-0.39, 0.29) is 5.56 Å². The first-order valence-electron chi connectivity index (χ1n) is 8.72. The van der Waals surface area contributed by atoms with Crippen LogP contribution < -0.4 is 0 Å². The Morgan fingerprint density at radius 2 is 1.62 bits per heavy atom. The molecule has 0 radical (unpaired) electrons. The molecule has 0 saturated carbocycles. The van der Waals surface area contributed by atoms with E-state index in [1.807, 2.05) is 0 Å². The van der Waals surface area contributed by atoms with Gasteiger partial charge in [0.05, 0.1) is 5.56 Å². The molecule has 2 rings (SSSR count). The van der Waals surface area contributed by atoms with Crippen LogP contribution in [0.1, 0.15) is 31.1 Å². The van der Waals surface area contributed by atoms with Gasteiger partial charge in [-0.05, 0) is 12.1 Å². The highest BCUT2D eigenvalue weighted by atomic mass is 19.1. The second-order valence-electron chi connectivity index (χ2n) is 6.21. The van der Waals surface area contributed by atoms with Crippen molar-refractivity contribution in [3.8, 4) is 0 Å². The molecule has 1 unspecified atom stereocenters. The van der Waals surface area contributed by atoms with E-state index in [9.17, 15) is 23.6 Å². The van der Waals surface area contributed by atoms with Crippen molar-refractivity contribution in [1.29, 1.82) is 0 Å². The first-order valence-corrected chi connectivity index (χ1v) is 8.72. The molecule has 1 saturated heterocycles. The van der Waals surface area contributed by atoms with E-state index in [0.29, 0.717) is 0 Å². The first-order chi connectivity index (χ1) is 13.7. The molecule has 1 heterocycles. The number of alkyl halides is 1. The van der Waals surface area contributed by atoms with Crippen molar-refractivity contribution in [3.05, 3.63) is 35.9 Å². The van der Waals surface area contributed by atoms with Crippen LogP contribution in [-0.4, -0.2) is 61.3 Å². The number of hydrogen-bond acceptors (Lipinski definition) is 9. The van der Waals surface area contributed by atoms with Gasteiger partial charge in [0.15, 0.2) is 18.3 Å². The Balaban J connectivity index is 2.30. The summed E-state index contributed by atoms with van der Waals surface area (Å²) in [4.78, 5) is 46.4. The van der Waals surface area contributed by atoms with E-state index in [4.69, 9.17) is 23.7 Å². The fourth-order valence-corrected chi connectivity index (χ4v) is 2.76. The maximum absolute atomic E-state index is 14.5. The van der Waals surface area contributed by atoms with Crippen molar-refractivity contribution in [2.75, 3.05) is 6.61 Å². The maximum atomic E-state index is 14.5. The Hall–Kier alpha value is -3.01. The summed E-state index contributed by atoms with van der Waals surface area (Å²) < 4.78 is 39.8. The van der Waals surface area contributed by atoms with Crippen molar-refractivity contribution in [3.63, 3.8) is 0 Å². The van der Waals surface area contributed by atoms with E-state index >= 15 is 0 Å². The molecule has 1 aromatic rings. The summed E-state index contributed by atoms with van der Waals surface area (Å²) in [6.07, 6.45) is -7.90. The predicted octanol–water partition coefficient (Wildman–Crippen LogP) is 1.33. The van der Waals surface area contributed by atoms with Crippen LogP contribution >= 0.6 is 0 Å². The summed E-state index contributed by atoms with van der Waals surface area (Å²) in [5.74, 6) is -3.09. The first kappa shape index (κ1) is 22.3. The molecule has 158 valence electrons. The van der Waals surface area contributed by atoms with Crippen molar-refractivity contribution < 1.29 is 47.3 Å². The minimum Gasteiger partial charge on any atom is -0.462 e. The van der Waals surface area contributed by atoms with Gasteiger partial charge in [0.1, 0.15) is 12.7 Å². The molecule has 5 atom stereocenters. The SMILES string of the molecule is CC(=O)OC[C@@H](OC(C)=O)[C@H]1OC(F)[C@H](OC(C)=O)[C@H]1OC(=O)c1ccccc1. The van der Waals surface area contributed by atoms with Crippen molar-refractivity contribution in [1.82, 2.24) is 0 Å². The van der Waals surface area contributed by atoms with Crippen LogP contribution in [0.4, 0.5) is 4.39 Å². The summed E-state index contributed by atoms with van der Waals surface area (Å²) in [5.41, 5.74) is 0.166. The van der Waals surface area contributed by atoms with Crippen LogP contribution in [0.2, 0.25) is 0 Å². The molecule has 10 heteroatoms. The number of benzene rings is 1. The normalized spacial score (nSPS) is 24.3. The third-order valence-electron chi connectivity index (χ3n) is 3.88. The lowest BCUT2D eigenvalue weighted by Crippen LogP contribution is -2.46. The summed E-state index contributed by atoms with van der Waals surface area (Å²) >= 11 is 0. The molecule has 0 aromatic heterocycles. The molecule has 1 aromatic carbocycles. The van der Waals surface area contributed by atoms with Crippen LogP contribution in [0.5, 0.6) is 0 Å². The van der Waals surface area contributed by atoms with Gasteiger partial charge in [0.2, 0.25) is 6.36 Å². The van der Waals surface area contributed by atoms with Crippen LogP contribution in [0, 0.1) is 0 Å². The van der Waals surface area contributed by atoms with Crippen LogP contribution in [0.3, 0.4) is 0 Å². The summed E-state index contributed by atoms with van der Waals surface area (Å²) in [6, 6.07) is 7.84. The number of esters is 4. The van der Waals surface area contributed by atoms with Crippen LogP contribution in [0.25, 0.3) is 0 Å². The second kappa shape index (κ2) is 9.97. The third-order valence-corrected chi connectivity index (χ3v) is 3.88. The molecular weight excluding hydrogens is 391 g/mol. The highest BCUT2D eigenvalue weighted by Gasteiger charge is 2.54. The average Bonchev–Trinajstić information content (AvgIpc) is 2.94. The number of ether oxygens (including phenoxy) is 5. The van der Waals surface area contributed by atoms with Gasteiger partial charge in [0, 0.05) is 20.8 Å². The number of carbonyl (C=O) groups excluding carboxylic acids is 4. The highest BCUT2D eigenvalue weighted by Crippen LogP contribution is 2.31. The zero-order valence-electron chi connectivity index (χ0n) is 16.0. The Labute approximate surface area is 166 Å². The lowest BCUT2D eigenvalue weighted by Gasteiger charge is -2.27. The zero-order chi connectivity index (χ0) is 21.6. The highest BCUT2D eigenvalue weighted by molar-refractivity contribution is 5.89. The molecule has 0 N–H and O–H groups in total. The quantitative estimate of drug-likeness (QED) is 0.483. The van der Waals surface area contributed by atoms with Gasteiger partial charge < -0.3 is 23.7 Å². The van der Waals surface area contributed by atoms with Gasteiger partial charge in [0.25, 0.3) is 0 Å². The van der Waals surface area contributed by atoms with E-state index in [1.54, 1.807) is 18.2 Å². The topological polar surface area (TPSA) is 114 Å². The lowest BCUT2D eigenvalue weighted by atomic mass is 10.1. The van der Waals surface area contributed by atoms with Crippen LogP contribution in [-0.2, 0) is 38.1 Å². The molecule has 0 amide bonds. The van der Waals surface area contributed by atoms with Gasteiger partial charge in [-0.15, -0.1) is 0 Å². The number of carbonyl (C=O) groups is 4. The number of halogens is 1. The Bertz CT molecular complexity index is 751. The molecule has 9 nitrogen and oxygen atoms in total. The Morgan fingerprint density at radius 1 is 0.966 bits per heavy atom. The molecule has 0 aliphatic carbocycles. The zero-order valence-corrected chi connectivity index (χ0v) is 16.0. The van der Waals surface area contributed by atoms with Gasteiger partial charge >= 0.3 is 23.9 Å². The van der Waals surface area contributed by atoms with Crippen molar-refractivity contribution in [2.24, 2.45) is 0 Å². The van der Waals surface area contributed by atoms with Gasteiger partial charge in [-0.25, -0.2) is 9.18 Å². The molecule has 29 heavy (non-hydrogen) atoms. The van der Waals surface area contributed by atoms with Crippen LogP contribution in [0.15, 0.2) is 30.3 Å². The average molecular weight is 412 g/mol. The van der Waals surface area contributed by atoms with E-state index in [0.717, 1.165) is 20.8 Å². The standard InChI is InChI=1S/C19H21FO9/c1-10(21)25-9-14(26-11(2)22)15-16(17(18(20)28-15)27-12(3)23)29-19(24)13-7-5-4-6-8-13/h4-8,14-18H,9H2,1-3H3/t14-,15-,16+,17-,18?/m1/s1. The van der Waals surface area contributed by atoms with Gasteiger partial charge in [-0.3, -0.25) is 14.4 Å². The summed E-state index contributed by atoms with van der Waals surface area (Å²) in [5, 5.41) is 0. The molecular formula is C19H21FO9. The minimum atomic E-state index is -2.16. The fourth-order valence-electron chi connectivity index (χ4n) is 2.76. The lowest BCUT2D eigenvalue weighted by molar-refractivity contribution is -0.173. The molecule has 0 bridgehead atoms. The monoisotopic (exact) mass is 412 g/mol. The van der Waals surface area contributed by atoms with Crippen molar-refractivity contribution in [2.45, 2.75) is 51.5 Å². The van der Waals surface area contributed by atoms with Gasteiger partial charge in [-0.1, -0.05) is 18.2 Å². The largest absolute Gasteiger partial charge is 0.462 e. The maximum Gasteiger partial charge on any atom is 0.338 e. The second-order valence-corrected chi connectivity index (χ2v) is 6.21. The van der Waals surface area contributed by atoms with Crippen molar-refractivity contribution >= 4 is 23.9 Å². The van der Waals surface area contributed by atoms with E-state index in [1.165, 1.54) is 12.1 Å². The fraction of sp³-hybridized carbons (Fsp3) is 0.474. The Kier molecular flexibility index (Phi) is 7.66. The van der Waals surface area contributed by atoms with E-state index < -0.39 is 61.3 Å². The molecule has 0 spiro atoms. The van der Waals surface area contributed by atoms with E-state index in [2.05, 4.69) is 0 Å². The number of rotatable bonds is 7. The molecule has 1 aliphatic rings. The molecule has 1 fully saturated rings. The third kappa shape index (κ3) is 6.24. The predicted molar refractivity (Wildman–Crippen MR) is 93.2 cm³/mol. The Morgan fingerprint density at radius 3 is 2.17 bits per heavy atom. The minimum absolute atomic E-state index is 0.166. The van der Waals surface area contributed by atoms with Gasteiger partial charge in [-0.2, -0.15) is 0 Å². The summed E-state index contributed by atoms with van der Waals surface area (Å²) in [6.45, 7) is 2.81. The number of hydrogen-bond donors (Lipinski definition) is 0. The smallest absolute Gasteiger partial charge is 0.338 e.